The van der Waals surface area contributed by atoms with Gasteiger partial charge >= 0.3 is 0 Å². The summed E-state index contributed by atoms with van der Waals surface area (Å²) < 4.78 is 7.35. The van der Waals surface area contributed by atoms with Crippen LogP contribution in [0.25, 0.3) is 16.6 Å². The molecular weight excluding hydrogens is 346 g/mol. The van der Waals surface area contributed by atoms with Crippen LogP contribution in [-0.4, -0.2) is 15.7 Å². The number of carbonyl (C=O) groups excluding carboxylic acids is 1. The summed E-state index contributed by atoms with van der Waals surface area (Å²) in [6.07, 6.45) is 9.60. The van der Waals surface area contributed by atoms with Gasteiger partial charge in [0.05, 0.1) is 35.1 Å². The fourth-order valence-corrected chi connectivity index (χ4v) is 4.08. The molecule has 3 aromatic rings. The summed E-state index contributed by atoms with van der Waals surface area (Å²) >= 11 is 1.72. The molecule has 0 bridgehead atoms. The van der Waals surface area contributed by atoms with Crippen molar-refractivity contribution in [2.75, 3.05) is 0 Å². The molecule has 134 valence electrons. The Labute approximate surface area is 156 Å². The number of hydrogen-bond acceptors (Lipinski definition) is 4. The van der Waals surface area contributed by atoms with E-state index in [0.717, 1.165) is 11.4 Å². The SMILES string of the molecule is O=C(/C=C/c1ccco1)NCc1cc(-c2cccs2)n(C2CCCC2)n1. The van der Waals surface area contributed by atoms with Crippen LogP contribution in [0.1, 0.15) is 43.2 Å². The van der Waals surface area contributed by atoms with E-state index in [0.29, 0.717) is 18.3 Å². The average molecular weight is 367 g/mol. The van der Waals surface area contributed by atoms with E-state index >= 15 is 0 Å². The quantitative estimate of drug-likeness (QED) is 0.645. The van der Waals surface area contributed by atoms with Gasteiger partial charge in [-0.2, -0.15) is 5.10 Å². The van der Waals surface area contributed by atoms with Crippen molar-refractivity contribution in [3.8, 4) is 10.6 Å². The Bertz CT molecular complexity index is 872. The topological polar surface area (TPSA) is 60.1 Å². The number of hydrogen-bond donors (Lipinski definition) is 1. The number of thiophene rings is 1. The maximum Gasteiger partial charge on any atom is 0.244 e. The summed E-state index contributed by atoms with van der Waals surface area (Å²) in [4.78, 5) is 13.2. The smallest absolute Gasteiger partial charge is 0.244 e. The number of rotatable bonds is 6. The van der Waals surface area contributed by atoms with Crippen LogP contribution in [0.5, 0.6) is 0 Å². The number of nitrogens with one attached hydrogen (secondary N) is 1. The molecule has 5 nitrogen and oxygen atoms in total. The summed E-state index contributed by atoms with van der Waals surface area (Å²) in [6, 6.07) is 10.4. The highest BCUT2D eigenvalue weighted by atomic mass is 32.1. The van der Waals surface area contributed by atoms with E-state index in [1.807, 2.05) is 0 Å². The molecule has 3 aromatic heterocycles. The summed E-state index contributed by atoms with van der Waals surface area (Å²) in [5.74, 6) is 0.500. The van der Waals surface area contributed by atoms with Crippen LogP contribution in [0.3, 0.4) is 0 Å². The highest BCUT2D eigenvalue weighted by Crippen LogP contribution is 2.35. The Hall–Kier alpha value is -2.60. The van der Waals surface area contributed by atoms with Crippen molar-refractivity contribution >= 4 is 23.3 Å². The van der Waals surface area contributed by atoms with Crippen molar-refractivity contribution in [2.24, 2.45) is 0 Å². The molecule has 0 saturated heterocycles. The van der Waals surface area contributed by atoms with Gasteiger partial charge in [0, 0.05) is 6.08 Å². The Morgan fingerprint density at radius 3 is 2.96 bits per heavy atom. The lowest BCUT2D eigenvalue weighted by Crippen LogP contribution is -2.20. The van der Waals surface area contributed by atoms with Crippen LogP contribution in [0.15, 0.2) is 52.5 Å². The molecule has 0 unspecified atom stereocenters. The van der Waals surface area contributed by atoms with E-state index in [1.165, 1.54) is 36.6 Å². The zero-order valence-corrected chi connectivity index (χ0v) is 15.2. The summed E-state index contributed by atoms with van der Waals surface area (Å²) in [6.45, 7) is 0.416. The first-order chi connectivity index (χ1) is 12.8. The van der Waals surface area contributed by atoms with Crippen LogP contribution < -0.4 is 5.32 Å². The Morgan fingerprint density at radius 1 is 1.35 bits per heavy atom. The first-order valence-corrected chi connectivity index (χ1v) is 9.79. The molecule has 1 aliphatic rings. The minimum atomic E-state index is -0.158. The molecule has 1 N–H and O–H groups in total. The van der Waals surface area contributed by atoms with Gasteiger partial charge in [0.2, 0.25) is 5.91 Å². The van der Waals surface area contributed by atoms with E-state index in [2.05, 4.69) is 33.6 Å². The minimum absolute atomic E-state index is 0.158. The zero-order chi connectivity index (χ0) is 17.8. The predicted octanol–water partition coefficient (Wildman–Crippen LogP) is 4.65. The van der Waals surface area contributed by atoms with E-state index in [4.69, 9.17) is 9.52 Å². The maximum absolute atomic E-state index is 12.0. The Kier molecular flexibility index (Phi) is 5.02. The van der Waals surface area contributed by atoms with E-state index in [-0.39, 0.29) is 5.91 Å². The predicted molar refractivity (Wildman–Crippen MR) is 103 cm³/mol. The van der Waals surface area contributed by atoms with Crippen molar-refractivity contribution in [3.05, 3.63) is 59.5 Å². The van der Waals surface area contributed by atoms with Crippen LogP contribution in [-0.2, 0) is 11.3 Å². The number of aromatic nitrogens is 2. The van der Waals surface area contributed by atoms with Crippen LogP contribution in [0, 0.1) is 0 Å². The van der Waals surface area contributed by atoms with Crippen molar-refractivity contribution in [2.45, 2.75) is 38.3 Å². The molecule has 1 amide bonds. The molecule has 1 saturated carbocycles. The van der Waals surface area contributed by atoms with Gasteiger partial charge < -0.3 is 9.73 Å². The van der Waals surface area contributed by atoms with Gasteiger partial charge in [-0.3, -0.25) is 9.48 Å². The molecule has 0 radical (unpaired) electrons. The normalized spacial score (nSPS) is 15.1. The lowest BCUT2D eigenvalue weighted by Gasteiger charge is -2.13. The number of amides is 1. The van der Waals surface area contributed by atoms with Crippen molar-refractivity contribution < 1.29 is 9.21 Å². The van der Waals surface area contributed by atoms with E-state index in [1.54, 1.807) is 35.8 Å². The van der Waals surface area contributed by atoms with Crippen LogP contribution in [0.4, 0.5) is 0 Å². The third-order valence-corrected chi connectivity index (χ3v) is 5.51. The molecule has 6 heteroatoms. The lowest BCUT2D eigenvalue weighted by molar-refractivity contribution is -0.116. The van der Waals surface area contributed by atoms with Gasteiger partial charge in [0.1, 0.15) is 5.76 Å². The third-order valence-electron chi connectivity index (χ3n) is 4.62. The summed E-state index contributed by atoms with van der Waals surface area (Å²) in [5, 5.41) is 9.78. The molecule has 3 heterocycles. The first kappa shape index (κ1) is 16.8. The second kappa shape index (κ2) is 7.74. The van der Waals surface area contributed by atoms with Gasteiger partial charge in [0.25, 0.3) is 0 Å². The highest BCUT2D eigenvalue weighted by molar-refractivity contribution is 7.13. The van der Waals surface area contributed by atoms with E-state index < -0.39 is 0 Å². The fourth-order valence-electron chi connectivity index (χ4n) is 3.35. The molecule has 1 aliphatic carbocycles. The Balaban J connectivity index is 1.46. The molecule has 0 atom stereocenters. The largest absolute Gasteiger partial charge is 0.465 e. The summed E-state index contributed by atoms with van der Waals surface area (Å²) in [7, 11) is 0. The van der Waals surface area contributed by atoms with Crippen LogP contribution >= 0.6 is 11.3 Å². The van der Waals surface area contributed by atoms with Gasteiger partial charge in [-0.1, -0.05) is 18.9 Å². The zero-order valence-electron chi connectivity index (χ0n) is 14.4. The molecule has 4 rings (SSSR count). The summed E-state index contributed by atoms with van der Waals surface area (Å²) in [5.41, 5.74) is 2.04. The highest BCUT2D eigenvalue weighted by Gasteiger charge is 2.22. The lowest BCUT2D eigenvalue weighted by atomic mass is 10.2. The molecule has 26 heavy (non-hydrogen) atoms. The molecule has 0 spiro atoms. The Morgan fingerprint density at radius 2 is 2.23 bits per heavy atom. The third kappa shape index (κ3) is 3.80. The monoisotopic (exact) mass is 367 g/mol. The minimum Gasteiger partial charge on any atom is -0.465 e. The fraction of sp³-hybridized carbons (Fsp3) is 0.300. The number of carbonyl (C=O) groups is 1. The first-order valence-electron chi connectivity index (χ1n) is 8.91. The van der Waals surface area contributed by atoms with Gasteiger partial charge in [-0.25, -0.2) is 0 Å². The van der Waals surface area contributed by atoms with Crippen molar-refractivity contribution in [1.29, 1.82) is 0 Å². The van der Waals surface area contributed by atoms with Crippen LogP contribution in [0.2, 0.25) is 0 Å². The van der Waals surface area contributed by atoms with Gasteiger partial charge in [-0.15, -0.1) is 11.3 Å². The van der Waals surface area contributed by atoms with Gasteiger partial charge in [-0.05, 0) is 48.6 Å². The molecular formula is C20H21N3O2S. The standard InChI is InChI=1S/C20H21N3O2S/c24-20(10-9-17-7-3-11-25-17)21-14-15-13-18(19-8-4-12-26-19)23(22-15)16-5-1-2-6-16/h3-4,7-13,16H,1-2,5-6,14H2,(H,21,24)/b10-9+. The molecule has 0 aliphatic heterocycles. The number of furan rings is 1. The molecule has 1 fully saturated rings. The van der Waals surface area contributed by atoms with Gasteiger partial charge in [0.15, 0.2) is 0 Å². The maximum atomic E-state index is 12.0. The molecule has 0 aromatic carbocycles. The van der Waals surface area contributed by atoms with Crippen molar-refractivity contribution in [3.63, 3.8) is 0 Å². The number of nitrogens with zero attached hydrogens (tertiary/aromatic N) is 2. The second-order valence-corrected chi connectivity index (χ2v) is 7.40. The van der Waals surface area contributed by atoms with E-state index in [9.17, 15) is 4.79 Å². The second-order valence-electron chi connectivity index (χ2n) is 6.45. The average Bonchev–Trinajstić information content (AvgIpc) is 3.44. The van der Waals surface area contributed by atoms with Crippen molar-refractivity contribution in [1.82, 2.24) is 15.1 Å².